The predicted octanol–water partition coefficient (Wildman–Crippen LogP) is 3.61. The molecule has 7 heteroatoms. The molecule has 3 rings (SSSR count). The average Bonchev–Trinajstić information content (AvgIpc) is 2.97. The Kier molecular flexibility index (Phi) is 5.77. The highest BCUT2D eigenvalue weighted by atomic mass is 19.1. The van der Waals surface area contributed by atoms with E-state index in [0.29, 0.717) is 16.9 Å². The van der Waals surface area contributed by atoms with Gasteiger partial charge < -0.3 is 10.6 Å². The molecule has 3 aromatic rings. The van der Waals surface area contributed by atoms with Crippen molar-refractivity contribution >= 4 is 17.5 Å². The van der Waals surface area contributed by atoms with Crippen LogP contribution in [0.5, 0.6) is 0 Å². The summed E-state index contributed by atoms with van der Waals surface area (Å²) >= 11 is 0. The summed E-state index contributed by atoms with van der Waals surface area (Å²) in [6.45, 7) is 7.27. The normalized spacial score (nSPS) is 10.7. The first-order valence-corrected chi connectivity index (χ1v) is 9.22. The van der Waals surface area contributed by atoms with Crippen LogP contribution in [0.2, 0.25) is 0 Å². The summed E-state index contributed by atoms with van der Waals surface area (Å²) < 4.78 is 16.0. The third kappa shape index (κ3) is 4.87. The maximum absolute atomic E-state index is 14.5. The van der Waals surface area contributed by atoms with Gasteiger partial charge in [-0.2, -0.15) is 5.10 Å². The molecule has 1 aromatic heterocycles. The van der Waals surface area contributed by atoms with Gasteiger partial charge in [-0.3, -0.25) is 9.59 Å². The number of anilines is 1. The van der Waals surface area contributed by atoms with Crippen LogP contribution in [0.25, 0.3) is 5.69 Å². The van der Waals surface area contributed by atoms with Gasteiger partial charge >= 0.3 is 0 Å². The molecule has 2 amide bonds. The molecule has 0 fully saturated rings. The number of benzene rings is 2. The number of hydrogen-bond acceptors (Lipinski definition) is 3. The molecule has 0 bridgehead atoms. The topological polar surface area (TPSA) is 76.0 Å². The molecule has 0 spiro atoms. The van der Waals surface area contributed by atoms with E-state index in [1.807, 2.05) is 39.8 Å². The van der Waals surface area contributed by atoms with Gasteiger partial charge in [-0.1, -0.05) is 17.2 Å². The van der Waals surface area contributed by atoms with Gasteiger partial charge in [0.05, 0.1) is 12.2 Å². The molecule has 2 aromatic carbocycles. The van der Waals surface area contributed by atoms with Crippen molar-refractivity contribution in [3.63, 3.8) is 0 Å². The molecule has 0 aliphatic carbocycles. The highest BCUT2D eigenvalue weighted by molar-refractivity contribution is 5.99. The van der Waals surface area contributed by atoms with E-state index in [1.165, 1.54) is 10.7 Å². The van der Waals surface area contributed by atoms with Gasteiger partial charge in [0.25, 0.3) is 5.91 Å². The molecule has 150 valence electrons. The minimum Gasteiger partial charge on any atom is -0.343 e. The van der Waals surface area contributed by atoms with Crippen molar-refractivity contribution in [2.75, 3.05) is 11.9 Å². The number of halogens is 1. The monoisotopic (exact) mass is 394 g/mol. The van der Waals surface area contributed by atoms with Gasteiger partial charge in [0.1, 0.15) is 5.69 Å². The lowest BCUT2D eigenvalue weighted by atomic mass is 10.1. The van der Waals surface area contributed by atoms with E-state index in [2.05, 4.69) is 15.7 Å². The number of aromatic nitrogens is 2. The van der Waals surface area contributed by atoms with Crippen molar-refractivity contribution in [2.24, 2.45) is 0 Å². The standard InChI is InChI=1S/C22H23FN4O2/c1-13-7-14(2)9-17(8-13)22(29)24-12-21(28)25-18-5-6-20(19(23)11-18)27-16(4)10-15(3)26-27/h5-11H,12H2,1-4H3,(H,24,29)(H,25,28). The van der Waals surface area contributed by atoms with Crippen molar-refractivity contribution in [1.29, 1.82) is 0 Å². The second-order valence-corrected chi connectivity index (χ2v) is 7.11. The van der Waals surface area contributed by atoms with Crippen LogP contribution in [0.15, 0.2) is 42.5 Å². The van der Waals surface area contributed by atoms with Crippen molar-refractivity contribution in [3.8, 4) is 5.69 Å². The Hall–Kier alpha value is -3.48. The van der Waals surface area contributed by atoms with Crippen LogP contribution >= 0.6 is 0 Å². The number of amides is 2. The second-order valence-electron chi connectivity index (χ2n) is 7.11. The zero-order valence-electron chi connectivity index (χ0n) is 16.8. The number of nitrogens with one attached hydrogen (secondary N) is 2. The van der Waals surface area contributed by atoms with Gasteiger partial charge in [0.2, 0.25) is 5.91 Å². The minimum absolute atomic E-state index is 0.216. The van der Waals surface area contributed by atoms with E-state index in [-0.39, 0.29) is 12.5 Å². The summed E-state index contributed by atoms with van der Waals surface area (Å²) in [6, 6.07) is 11.7. The van der Waals surface area contributed by atoms with Crippen molar-refractivity contribution in [2.45, 2.75) is 27.7 Å². The lowest BCUT2D eigenvalue weighted by Crippen LogP contribution is -2.33. The Labute approximate surface area is 168 Å². The molecular weight excluding hydrogens is 371 g/mol. The highest BCUT2D eigenvalue weighted by Crippen LogP contribution is 2.20. The van der Waals surface area contributed by atoms with Gasteiger partial charge in [-0.05, 0) is 64.1 Å². The number of carbonyl (C=O) groups is 2. The number of aryl methyl sites for hydroxylation is 4. The maximum atomic E-state index is 14.5. The summed E-state index contributed by atoms with van der Waals surface area (Å²) in [7, 11) is 0. The SMILES string of the molecule is Cc1cc(C)cc(C(=O)NCC(=O)Nc2ccc(-n3nc(C)cc3C)c(F)c2)c1. The number of carbonyl (C=O) groups excluding carboxylic acids is 2. The number of nitrogens with zero attached hydrogens (tertiary/aromatic N) is 2. The maximum Gasteiger partial charge on any atom is 0.251 e. The van der Waals surface area contributed by atoms with Crippen LogP contribution in [0.3, 0.4) is 0 Å². The Balaban J connectivity index is 1.63. The van der Waals surface area contributed by atoms with Crippen molar-refractivity contribution in [3.05, 3.63) is 76.4 Å². The molecule has 0 saturated carbocycles. The summed E-state index contributed by atoms with van der Waals surface area (Å²) in [5.41, 5.74) is 4.65. The molecule has 0 saturated heterocycles. The first-order chi connectivity index (χ1) is 13.7. The minimum atomic E-state index is -0.506. The largest absolute Gasteiger partial charge is 0.343 e. The number of hydrogen-bond donors (Lipinski definition) is 2. The van der Waals surface area contributed by atoms with Crippen molar-refractivity contribution in [1.82, 2.24) is 15.1 Å². The molecule has 0 aliphatic rings. The zero-order valence-corrected chi connectivity index (χ0v) is 16.8. The number of rotatable bonds is 5. The lowest BCUT2D eigenvalue weighted by molar-refractivity contribution is -0.115. The first kappa shape index (κ1) is 20.3. The smallest absolute Gasteiger partial charge is 0.251 e. The Morgan fingerprint density at radius 2 is 1.69 bits per heavy atom. The van der Waals surface area contributed by atoms with E-state index in [4.69, 9.17) is 0 Å². The molecule has 0 aliphatic heterocycles. The van der Waals surface area contributed by atoms with E-state index in [1.54, 1.807) is 24.3 Å². The van der Waals surface area contributed by atoms with Crippen molar-refractivity contribution < 1.29 is 14.0 Å². The van der Waals surface area contributed by atoms with Gasteiger partial charge in [0, 0.05) is 16.9 Å². The molecule has 0 atom stereocenters. The van der Waals surface area contributed by atoms with Gasteiger partial charge in [0.15, 0.2) is 5.82 Å². The lowest BCUT2D eigenvalue weighted by Gasteiger charge is -2.10. The fourth-order valence-corrected chi connectivity index (χ4v) is 3.20. The Morgan fingerprint density at radius 3 is 2.28 bits per heavy atom. The molecule has 0 radical (unpaired) electrons. The molecule has 2 N–H and O–H groups in total. The van der Waals surface area contributed by atoms with Crippen LogP contribution in [0.4, 0.5) is 10.1 Å². The van der Waals surface area contributed by atoms with Crippen LogP contribution in [0.1, 0.15) is 32.9 Å². The van der Waals surface area contributed by atoms with Gasteiger partial charge in [-0.15, -0.1) is 0 Å². The molecular formula is C22H23FN4O2. The molecule has 0 unspecified atom stereocenters. The summed E-state index contributed by atoms with van der Waals surface area (Å²) in [5, 5.41) is 9.43. The van der Waals surface area contributed by atoms with Crippen LogP contribution in [-0.4, -0.2) is 28.1 Å². The molecule has 29 heavy (non-hydrogen) atoms. The fourth-order valence-electron chi connectivity index (χ4n) is 3.20. The first-order valence-electron chi connectivity index (χ1n) is 9.22. The third-order valence-corrected chi connectivity index (χ3v) is 4.36. The van der Waals surface area contributed by atoms with Crippen LogP contribution in [0, 0.1) is 33.5 Å². The zero-order chi connectivity index (χ0) is 21.1. The van der Waals surface area contributed by atoms with Crippen LogP contribution < -0.4 is 10.6 Å². The Morgan fingerprint density at radius 1 is 1.00 bits per heavy atom. The molecule has 1 heterocycles. The van der Waals surface area contributed by atoms with Crippen LogP contribution in [-0.2, 0) is 4.79 Å². The van der Waals surface area contributed by atoms with E-state index in [9.17, 15) is 14.0 Å². The fraction of sp³-hybridized carbons (Fsp3) is 0.227. The molecule has 6 nitrogen and oxygen atoms in total. The van der Waals surface area contributed by atoms with E-state index >= 15 is 0 Å². The third-order valence-electron chi connectivity index (χ3n) is 4.36. The van der Waals surface area contributed by atoms with E-state index in [0.717, 1.165) is 22.5 Å². The summed E-state index contributed by atoms with van der Waals surface area (Å²) in [4.78, 5) is 24.4. The Bertz CT molecular complexity index is 1070. The predicted molar refractivity (Wildman–Crippen MR) is 110 cm³/mol. The van der Waals surface area contributed by atoms with E-state index < -0.39 is 11.7 Å². The quantitative estimate of drug-likeness (QED) is 0.694. The summed E-state index contributed by atoms with van der Waals surface area (Å²) in [6.07, 6.45) is 0. The highest BCUT2D eigenvalue weighted by Gasteiger charge is 2.12. The average molecular weight is 394 g/mol. The van der Waals surface area contributed by atoms with Gasteiger partial charge in [-0.25, -0.2) is 9.07 Å². The second kappa shape index (κ2) is 8.26. The summed E-state index contributed by atoms with van der Waals surface area (Å²) in [5.74, 6) is -1.28.